The third-order valence-electron chi connectivity index (χ3n) is 2.11. The van der Waals surface area contributed by atoms with Crippen molar-refractivity contribution in [2.75, 3.05) is 7.11 Å². The Bertz CT molecular complexity index is 594. The third-order valence-corrected chi connectivity index (χ3v) is 3.20. The first-order valence-corrected chi connectivity index (χ1v) is 5.68. The Labute approximate surface area is 106 Å². The Balaban J connectivity index is 2.56. The molecule has 0 aliphatic heterocycles. The number of carbonyl (C=O) groups excluding carboxylic acids is 1. The van der Waals surface area contributed by atoms with Crippen molar-refractivity contribution in [3.05, 3.63) is 35.2 Å². The summed E-state index contributed by atoms with van der Waals surface area (Å²) in [5.41, 5.74) is 0.427. The highest BCUT2D eigenvalue weighted by Gasteiger charge is 2.22. The number of methoxy groups -OCH3 is 1. The molecule has 1 N–H and O–H groups in total. The summed E-state index contributed by atoms with van der Waals surface area (Å²) >= 11 is 0.967. The van der Waals surface area contributed by atoms with Crippen LogP contribution >= 0.6 is 11.3 Å². The zero-order valence-corrected chi connectivity index (χ0v) is 10.1. The summed E-state index contributed by atoms with van der Waals surface area (Å²) in [6, 6.07) is 3.38. The maximum atomic E-state index is 11.4. The average Bonchev–Trinajstić information content (AvgIpc) is 2.84. The topological polar surface area (TPSA) is 89.4 Å². The van der Waals surface area contributed by atoms with Gasteiger partial charge in [-0.1, -0.05) is 6.07 Å². The van der Waals surface area contributed by atoms with Crippen LogP contribution in [0.5, 0.6) is 0 Å². The molecule has 0 aliphatic rings. The molecule has 2 rings (SSSR count). The number of carboxylic acids is 1. The highest BCUT2D eigenvalue weighted by atomic mass is 32.1. The van der Waals surface area contributed by atoms with Gasteiger partial charge in [-0.3, -0.25) is 4.98 Å². The second-order valence-electron chi connectivity index (χ2n) is 3.24. The van der Waals surface area contributed by atoms with E-state index in [0.29, 0.717) is 10.4 Å². The van der Waals surface area contributed by atoms with E-state index in [1.165, 1.54) is 13.3 Å². The summed E-state index contributed by atoms with van der Waals surface area (Å²) in [4.78, 5) is 30.5. The molecule has 7 heteroatoms. The first kappa shape index (κ1) is 12.2. The van der Waals surface area contributed by atoms with Crippen molar-refractivity contribution in [3.8, 4) is 10.4 Å². The maximum absolute atomic E-state index is 11.4. The maximum Gasteiger partial charge on any atom is 0.367 e. The Kier molecular flexibility index (Phi) is 3.33. The molecule has 0 amide bonds. The molecule has 0 radical (unpaired) electrons. The van der Waals surface area contributed by atoms with Crippen molar-refractivity contribution in [1.82, 2.24) is 9.97 Å². The van der Waals surface area contributed by atoms with E-state index in [0.717, 1.165) is 11.3 Å². The van der Waals surface area contributed by atoms with Crippen LogP contribution in [-0.2, 0) is 4.74 Å². The zero-order chi connectivity index (χ0) is 13.1. The number of carbonyl (C=O) groups is 2. The number of esters is 1. The Hall–Kier alpha value is -2.28. The molecule has 6 nitrogen and oxygen atoms in total. The molecule has 0 spiro atoms. The number of carboxylic acid groups (broad SMARTS) is 1. The van der Waals surface area contributed by atoms with Gasteiger partial charge in [0.05, 0.1) is 12.0 Å². The molecule has 0 saturated heterocycles. The summed E-state index contributed by atoms with van der Waals surface area (Å²) in [7, 11) is 1.22. The third kappa shape index (κ3) is 2.21. The SMILES string of the molecule is COC(=O)c1nc(C(=O)O)c(-c2cccnc2)s1. The van der Waals surface area contributed by atoms with Gasteiger partial charge in [0, 0.05) is 18.0 Å². The lowest BCUT2D eigenvalue weighted by Gasteiger charge is -1.96. The molecule has 0 aliphatic carbocycles. The normalized spacial score (nSPS) is 10.1. The van der Waals surface area contributed by atoms with E-state index in [9.17, 15) is 9.59 Å². The van der Waals surface area contributed by atoms with Gasteiger partial charge in [0.2, 0.25) is 5.01 Å². The summed E-state index contributed by atoms with van der Waals surface area (Å²) in [5, 5.41) is 9.07. The molecule has 2 aromatic rings. The minimum atomic E-state index is -1.19. The summed E-state index contributed by atoms with van der Waals surface area (Å²) in [6.07, 6.45) is 3.09. The predicted octanol–water partition coefficient (Wildman–Crippen LogP) is 1.69. The molecule has 2 heterocycles. The van der Waals surface area contributed by atoms with Gasteiger partial charge in [-0.2, -0.15) is 0 Å². The number of aromatic nitrogens is 2. The number of rotatable bonds is 3. The lowest BCUT2D eigenvalue weighted by molar-refractivity contribution is 0.0600. The van der Waals surface area contributed by atoms with Gasteiger partial charge < -0.3 is 9.84 Å². The van der Waals surface area contributed by atoms with Gasteiger partial charge >= 0.3 is 11.9 Å². The van der Waals surface area contributed by atoms with E-state index >= 15 is 0 Å². The van der Waals surface area contributed by atoms with E-state index in [4.69, 9.17) is 5.11 Å². The summed E-state index contributed by atoms with van der Waals surface area (Å²) in [5.74, 6) is -1.85. The smallest absolute Gasteiger partial charge is 0.367 e. The Morgan fingerprint density at radius 2 is 2.22 bits per heavy atom. The molecule has 0 bridgehead atoms. The molecular formula is C11H8N2O4S. The van der Waals surface area contributed by atoms with Crippen LogP contribution in [0.4, 0.5) is 0 Å². The van der Waals surface area contributed by atoms with Crippen LogP contribution in [0.15, 0.2) is 24.5 Å². The fourth-order valence-electron chi connectivity index (χ4n) is 1.33. The number of aromatic carboxylic acids is 1. The van der Waals surface area contributed by atoms with Gasteiger partial charge in [-0.25, -0.2) is 14.6 Å². The van der Waals surface area contributed by atoms with Crippen LogP contribution in [-0.4, -0.2) is 34.1 Å². The molecule has 92 valence electrons. The molecule has 0 aromatic carbocycles. The van der Waals surface area contributed by atoms with E-state index < -0.39 is 11.9 Å². The predicted molar refractivity (Wildman–Crippen MR) is 63.6 cm³/mol. The number of ether oxygens (including phenoxy) is 1. The minimum absolute atomic E-state index is 0.00810. The van der Waals surface area contributed by atoms with Crippen LogP contribution in [0.2, 0.25) is 0 Å². The second-order valence-corrected chi connectivity index (χ2v) is 4.23. The lowest BCUT2D eigenvalue weighted by atomic mass is 10.2. The highest BCUT2D eigenvalue weighted by Crippen LogP contribution is 2.30. The standard InChI is InChI=1S/C11H8N2O4S/c1-17-11(16)9-13-7(10(14)15)8(18-9)6-3-2-4-12-5-6/h2-5H,1H3,(H,14,15). The van der Waals surface area contributed by atoms with Crippen LogP contribution in [0.1, 0.15) is 20.3 Å². The van der Waals surface area contributed by atoms with E-state index in [-0.39, 0.29) is 10.7 Å². The molecule has 18 heavy (non-hydrogen) atoms. The zero-order valence-electron chi connectivity index (χ0n) is 9.28. The van der Waals surface area contributed by atoms with Crippen molar-refractivity contribution < 1.29 is 19.4 Å². The molecule has 2 aromatic heterocycles. The number of pyridine rings is 1. The van der Waals surface area contributed by atoms with Crippen molar-refractivity contribution >= 4 is 23.3 Å². The highest BCUT2D eigenvalue weighted by molar-refractivity contribution is 7.17. The Morgan fingerprint density at radius 1 is 1.44 bits per heavy atom. The largest absolute Gasteiger partial charge is 0.476 e. The van der Waals surface area contributed by atoms with Gasteiger partial charge in [-0.05, 0) is 6.07 Å². The van der Waals surface area contributed by atoms with E-state index in [1.54, 1.807) is 18.3 Å². The van der Waals surface area contributed by atoms with Crippen LogP contribution in [0.3, 0.4) is 0 Å². The molecular weight excluding hydrogens is 256 g/mol. The van der Waals surface area contributed by atoms with E-state index in [2.05, 4.69) is 14.7 Å². The van der Waals surface area contributed by atoms with Crippen LogP contribution in [0.25, 0.3) is 10.4 Å². The number of hydrogen-bond acceptors (Lipinski definition) is 6. The van der Waals surface area contributed by atoms with Gasteiger partial charge in [-0.15, -0.1) is 11.3 Å². The van der Waals surface area contributed by atoms with Gasteiger partial charge in [0.25, 0.3) is 0 Å². The van der Waals surface area contributed by atoms with Crippen molar-refractivity contribution in [2.45, 2.75) is 0 Å². The minimum Gasteiger partial charge on any atom is -0.476 e. The second kappa shape index (κ2) is 4.92. The monoisotopic (exact) mass is 264 g/mol. The molecule has 0 saturated carbocycles. The van der Waals surface area contributed by atoms with Crippen molar-refractivity contribution in [2.24, 2.45) is 0 Å². The average molecular weight is 264 g/mol. The van der Waals surface area contributed by atoms with Gasteiger partial charge in [0.1, 0.15) is 0 Å². The fourth-order valence-corrected chi connectivity index (χ4v) is 2.30. The molecule has 0 unspecified atom stereocenters. The molecule has 0 fully saturated rings. The first-order chi connectivity index (χ1) is 8.63. The lowest BCUT2D eigenvalue weighted by Crippen LogP contribution is -2.03. The van der Waals surface area contributed by atoms with Crippen molar-refractivity contribution in [1.29, 1.82) is 0 Å². The number of nitrogens with zero attached hydrogens (tertiary/aromatic N) is 2. The first-order valence-electron chi connectivity index (χ1n) is 4.86. The van der Waals surface area contributed by atoms with Gasteiger partial charge in [0.15, 0.2) is 5.69 Å². The number of thiazole rings is 1. The summed E-state index contributed by atoms with van der Waals surface area (Å²) in [6.45, 7) is 0. The van der Waals surface area contributed by atoms with Crippen LogP contribution < -0.4 is 0 Å². The van der Waals surface area contributed by atoms with Crippen LogP contribution in [0, 0.1) is 0 Å². The fraction of sp³-hybridized carbons (Fsp3) is 0.0909. The van der Waals surface area contributed by atoms with Crippen molar-refractivity contribution in [3.63, 3.8) is 0 Å². The van der Waals surface area contributed by atoms with E-state index in [1.807, 2.05) is 0 Å². The molecule has 0 atom stereocenters. The number of hydrogen-bond donors (Lipinski definition) is 1. The Morgan fingerprint density at radius 3 is 2.78 bits per heavy atom. The quantitative estimate of drug-likeness (QED) is 0.848. The summed E-state index contributed by atoms with van der Waals surface area (Å²) < 4.78 is 4.52.